The van der Waals surface area contributed by atoms with Crippen molar-refractivity contribution < 1.29 is 22.7 Å². The van der Waals surface area contributed by atoms with Crippen LogP contribution in [-0.2, 0) is 26.2 Å². The van der Waals surface area contributed by atoms with Gasteiger partial charge < -0.3 is 15.0 Å². The summed E-state index contributed by atoms with van der Waals surface area (Å²) in [5.41, 5.74) is 2.97. The molecule has 0 aliphatic heterocycles. The van der Waals surface area contributed by atoms with Crippen LogP contribution < -0.4 is 14.4 Å². The summed E-state index contributed by atoms with van der Waals surface area (Å²) in [5.74, 6) is -0.0620. The molecule has 2 rings (SSSR count). The zero-order chi connectivity index (χ0) is 26.3. The van der Waals surface area contributed by atoms with Crippen LogP contribution in [-0.4, -0.2) is 57.1 Å². The van der Waals surface area contributed by atoms with Crippen LogP contribution in [0.1, 0.15) is 43.9 Å². The van der Waals surface area contributed by atoms with Gasteiger partial charge >= 0.3 is 0 Å². The van der Waals surface area contributed by atoms with Crippen LogP contribution in [0.5, 0.6) is 5.75 Å². The molecular formula is C26H37N3O5S. The van der Waals surface area contributed by atoms with Crippen molar-refractivity contribution >= 4 is 27.5 Å². The van der Waals surface area contributed by atoms with Gasteiger partial charge in [0.05, 0.1) is 19.1 Å². The van der Waals surface area contributed by atoms with Crippen molar-refractivity contribution in [3.05, 3.63) is 59.2 Å². The number of rotatable bonds is 11. The van der Waals surface area contributed by atoms with Gasteiger partial charge in [0.25, 0.3) is 0 Å². The van der Waals surface area contributed by atoms with Gasteiger partial charge in [-0.3, -0.25) is 13.9 Å². The van der Waals surface area contributed by atoms with E-state index < -0.39 is 28.5 Å². The SMILES string of the molecule is CCC(C(=O)NC(C)C)N(Cc1ccc(OC)cc1)C(=O)CN(c1ccc(C)cc1C)S(C)(=O)=O. The average Bonchev–Trinajstić information content (AvgIpc) is 2.77. The first-order valence-corrected chi connectivity index (χ1v) is 13.5. The zero-order valence-corrected chi connectivity index (χ0v) is 22.5. The van der Waals surface area contributed by atoms with E-state index in [2.05, 4.69) is 5.32 Å². The fourth-order valence-electron chi connectivity index (χ4n) is 3.91. The Labute approximate surface area is 209 Å². The lowest BCUT2D eigenvalue weighted by Gasteiger charge is -2.33. The molecule has 0 aliphatic rings. The summed E-state index contributed by atoms with van der Waals surface area (Å²) < 4.78 is 31.8. The van der Waals surface area contributed by atoms with E-state index in [1.54, 1.807) is 25.3 Å². The van der Waals surface area contributed by atoms with Crippen molar-refractivity contribution in [2.45, 2.75) is 59.7 Å². The summed E-state index contributed by atoms with van der Waals surface area (Å²) in [7, 11) is -2.20. The quantitative estimate of drug-likeness (QED) is 0.507. The molecule has 35 heavy (non-hydrogen) atoms. The standard InChI is InChI=1S/C26H37N3O5S/c1-8-23(26(31)27-18(2)3)28(16-21-10-12-22(34-6)13-11-21)25(30)17-29(35(7,32)33)24-14-9-19(4)15-20(24)5/h9-15,18,23H,8,16-17H2,1-7H3,(H,27,31). The molecule has 2 aromatic rings. The van der Waals surface area contributed by atoms with E-state index in [1.165, 1.54) is 4.90 Å². The minimum atomic E-state index is -3.77. The van der Waals surface area contributed by atoms with Gasteiger partial charge in [-0.25, -0.2) is 8.42 Å². The van der Waals surface area contributed by atoms with E-state index in [0.29, 0.717) is 17.9 Å². The molecular weight excluding hydrogens is 466 g/mol. The van der Waals surface area contributed by atoms with E-state index in [1.807, 2.05) is 58.9 Å². The number of hydrogen-bond donors (Lipinski definition) is 1. The highest BCUT2D eigenvalue weighted by Gasteiger charge is 2.32. The maximum Gasteiger partial charge on any atom is 0.244 e. The van der Waals surface area contributed by atoms with Crippen molar-refractivity contribution in [3.63, 3.8) is 0 Å². The molecule has 9 heteroatoms. The zero-order valence-electron chi connectivity index (χ0n) is 21.7. The number of methoxy groups -OCH3 is 1. The third-order valence-corrected chi connectivity index (χ3v) is 6.76. The molecule has 0 saturated heterocycles. The lowest BCUT2D eigenvalue weighted by atomic mass is 10.1. The first kappa shape index (κ1) is 28.2. The van der Waals surface area contributed by atoms with Gasteiger partial charge in [0.15, 0.2) is 0 Å². The maximum absolute atomic E-state index is 13.7. The third kappa shape index (κ3) is 7.71. The molecule has 0 saturated carbocycles. The second-order valence-electron chi connectivity index (χ2n) is 9.02. The predicted octanol–water partition coefficient (Wildman–Crippen LogP) is 3.41. The molecule has 0 bridgehead atoms. The summed E-state index contributed by atoms with van der Waals surface area (Å²) in [6.07, 6.45) is 1.46. The Balaban J connectivity index is 2.46. The first-order valence-electron chi connectivity index (χ1n) is 11.6. The molecule has 1 unspecified atom stereocenters. The molecule has 0 spiro atoms. The van der Waals surface area contributed by atoms with Crippen LogP contribution in [0.2, 0.25) is 0 Å². The molecule has 0 heterocycles. The minimum absolute atomic E-state index is 0.0998. The highest BCUT2D eigenvalue weighted by Crippen LogP contribution is 2.24. The van der Waals surface area contributed by atoms with Gasteiger partial charge in [0.2, 0.25) is 21.8 Å². The van der Waals surface area contributed by atoms with Crippen molar-refractivity contribution in [1.82, 2.24) is 10.2 Å². The highest BCUT2D eigenvalue weighted by atomic mass is 32.2. The van der Waals surface area contributed by atoms with Gasteiger partial charge in [0.1, 0.15) is 18.3 Å². The number of carbonyl (C=O) groups excluding carboxylic acids is 2. The maximum atomic E-state index is 13.7. The minimum Gasteiger partial charge on any atom is -0.497 e. The molecule has 192 valence electrons. The topological polar surface area (TPSA) is 96.0 Å². The number of ether oxygens (including phenoxy) is 1. The van der Waals surface area contributed by atoms with Crippen LogP contribution in [0.3, 0.4) is 0 Å². The molecule has 0 aliphatic carbocycles. The number of benzene rings is 2. The van der Waals surface area contributed by atoms with Crippen molar-refractivity contribution in [3.8, 4) is 5.75 Å². The van der Waals surface area contributed by atoms with E-state index in [4.69, 9.17) is 4.74 Å². The Morgan fingerprint density at radius 2 is 1.69 bits per heavy atom. The predicted molar refractivity (Wildman–Crippen MR) is 139 cm³/mol. The largest absolute Gasteiger partial charge is 0.497 e. The summed E-state index contributed by atoms with van der Waals surface area (Å²) in [6, 6.07) is 11.7. The number of hydrogen-bond acceptors (Lipinski definition) is 5. The Morgan fingerprint density at radius 3 is 2.17 bits per heavy atom. The molecule has 1 atom stereocenters. The average molecular weight is 504 g/mol. The molecule has 2 aromatic carbocycles. The van der Waals surface area contributed by atoms with E-state index in [-0.39, 0.29) is 18.5 Å². The number of anilines is 1. The summed E-state index contributed by atoms with van der Waals surface area (Å²) >= 11 is 0. The van der Waals surface area contributed by atoms with Gasteiger partial charge in [-0.05, 0) is 63.4 Å². The van der Waals surface area contributed by atoms with Crippen molar-refractivity contribution in [1.29, 1.82) is 0 Å². The van der Waals surface area contributed by atoms with Gasteiger partial charge in [-0.1, -0.05) is 36.8 Å². The molecule has 8 nitrogen and oxygen atoms in total. The van der Waals surface area contributed by atoms with Crippen LogP contribution in [0.4, 0.5) is 5.69 Å². The Bertz CT molecular complexity index is 1130. The molecule has 1 N–H and O–H groups in total. The third-order valence-electron chi connectivity index (χ3n) is 5.63. The van der Waals surface area contributed by atoms with E-state index in [9.17, 15) is 18.0 Å². The number of carbonyl (C=O) groups is 2. The van der Waals surface area contributed by atoms with E-state index in [0.717, 1.165) is 27.3 Å². The van der Waals surface area contributed by atoms with E-state index >= 15 is 0 Å². The normalized spacial score (nSPS) is 12.2. The molecule has 0 fully saturated rings. The van der Waals surface area contributed by atoms with Crippen molar-refractivity contribution in [2.24, 2.45) is 0 Å². The Hall–Kier alpha value is -3.07. The number of amides is 2. The fourth-order valence-corrected chi connectivity index (χ4v) is 4.81. The number of sulfonamides is 1. The van der Waals surface area contributed by atoms with Gasteiger partial charge in [-0.15, -0.1) is 0 Å². The van der Waals surface area contributed by atoms with Gasteiger partial charge in [0, 0.05) is 12.6 Å². The molecule has 2 amide bonds. The van der Waals surface area contributed by atoms with Crippen LogP contribution in [0.25, 0.3) is 0 Å². The fraction of sp³-hybridized carbons (Fsp3) is 0.462. The smallest absolute Gasteiger partial charge is 0.244 e. The highest BCUT2D eigenvalue weighted by molar-refractivity contribution is 7.92. The summed E-state index contributed by atoms with van der Waals surface area (Å²) in [4.78, 5) is 28.2. The number of nitrogens with zero attached hydrogens (tertiary/aromatic N) is 2. The summed E-state index contributed by atoms with van der Waals surface area (Å²) in [6.45, 7) is 9.00. The Kier molecular flexibility index (Phi) is 9.71. The van der Waals surface area contributed by atoms with Crippen LogP contribution in [0.15, 0.2) is 42.5 Å². The molecule has 0 radical (unpaired) electrons. The monoisotopic (exact) mass is 503 g/mol. The lowest BCUT2D eigenvalue weighted by Crippen LogP contribution is -2.53. The first-order chi connectivity index (χ1) is 16.4. The number of nitrogens with one attached hydrogen (secondary N) is 1. The number of aryl methyl sites for hydroxylation is 2. The second-order valence-corrected chi connectivity index (χ2v) is 10.9. The van der Waals surface area contributed by atoms with Crippen LogP contribution >= 0.6 is 0 Å². The molecule has 0 aromatic heterocycles. The lowest BCUT2D eigenvalue weighted by molar-refractivity contribution is -0.140. The van der Waals surface area contributed by atoms with Crippen molar-refractivity contribution in [2.75, 3.05) is 24.2 Å². The summed E-state index contributed by atoms with van der Waals surface area (Å²) in [5, 5.41) is 2.88. The van der Waals surface area contributed by atoms with Crippen LogP contribution in [0, 0.1) is 13.8 Å². The Morgan fingerprint density at radius 1 is 1.06 bits per heavy atom. The second kappa shape index (κ2) is 12.1. The van der Waals surface area contributed by atoms with Gasteiger partial charge in [-0.2, -0.15) is 0 Å².